The van der Waals surface area contributed by atoms with E-state index in [0.717, 1.165) is 27.6 Å². The van der Waals surface area contributed by atoms with Crippen LogP contribution in [0.3, 0.4) is 0 Å². The summed E-state index contributed by atoms with van der Waals surface area (Å²) in [6.45, 7) is 1.97. The Kier molecular flexibility index (Phi) is 3.50. The second kappa shape index (κ2) is 5.83. The van der Waals surface area contributed by atoms with Crippen molar-refractivity contribution < 1.29 is 4.79 Å². The quantitative estimate of drug-likeness (QED) is 0.563. The number of carbonyl (C=O) groups is 1. The zero-order valence-corrected chi connectivity index (χ0v) is 13.5. The number of benzene rings is 2. The number of nitrogens with two attached hydrogens (primary N) is 1. The number of hydrogen-bond donors (Lipinski definition) is 2. The fraction of sp³-hybridized carbons (Fsp3) is 0.0526. The lowest BCUT2D eigenvalue weighted by Crippen LogP contribution is -2.03. The van der Waals surface area contributed by atoms with Crippen molar-refractivity contribution in [3.8, 4) is 11.1 Å². The van der Waals surface area contributed by atoms with Gasteiger partial charge >= 0.3 is 0 Å². The van der Waals surface area contributed by atoms with Gasteiger partial charge in [-0.15, -0.1) is 0 Å². The van der Waals surface area contributed by atoms with Gasteiger partial charge in [0.25, 0.3) is 0 Å². The number of aromatic amines is 1. The standard InChI is InChI=1S/C19H15N5O/c1-11-3-2-4-15-16(11)17(24-23-15)18(25)13-7-5-12(6-8-13)14-9-21-19(20)22-10-14/h2-10H,1H3,(H,23,24)(H2,20,21,22). The number of nitrogens with zero attached hydrogens (tertiary/aromatic N) is 3. The first-order valence-corrected chi connectivity index (χ1v) is 7.80. The number of aromatic nitrogens is 4. The van der Waals surface area contributed by atoms with E-state index in [1.54, 1.807) is 24.5 Å². The van der Waals surface area contributed by atoms with Crippen LogP contribution in [0.1, 0.15) is 21.6 Å². The van der Waals surface area contributed by atoms with Gasteiger partial charge in [-0.05, 0) is 24.1 Å². The number of ketones is 1. The van der Waals surface area contributed by atoms with Crippen LogP contribution in [-0.2, 0) is 0 Å². The number of rotatable bonds is 3. The Bertz CT molecular complexity index is 1070. The van der Waals surface area contributed by atoms with Crippen molar-refractivity contribution in [3.05, 3.63) is 71.7 Å². The first kappa shape index (κ1) is 15.0. The van der Waals surface area contributed by atoms with E-state index in [9.17, 15) is 4.79 Å². The monoisotopic (exact) mass is 329 g/mol. The van der Waals surface area contributed by atoms with Crippen molar-refractivity contribution in [3.63, 3.8) is 0 Å². The number of fused-ring (bicyclic) bond motifs is 1. The topological polar surface area (TPSA) is 97.5 Å². The summed E-state index contributed by atoms with van der Waals surface area (Å²) in [6.07, 6.45) is 3.31. The Morgan fingerprint density at radius 3 is 2.44 bits per heavy atom. The van der Waals surface area contributed by atoms with Gasteiger partial charge in [0, 0.05) is 28.9 Å². The highest BCUT2D eigenvalue weighted by Crippen LogP contribution is 2.24. The molecule has 0 saturated carbocycles. The molecule has 0 fully saturated rings. The minimum atomic E-state index is -0.111. The summed E-state index contributed by atoms with van der Waals surface area (Å²) in [7, 11) is 0. The molecule has 6 nitrogen and oxygen atoms in total. The third-order valence-electron chi connectivity index (χ3n) is 4.17. The van der Waals surface area contributed by atoms with E-state index in [2.05, 4.69) is 20.2 Å². The molecule has 4 aromatic rings. The van der Waals surface area contributed by atoms with Crippen molar-refractivity contribution in [2.75, 3.05) is 5.73 Å². The molecular weight excluding hydrogens is 314 g/mol. The molecule has 2 heterocycles. The van der Waals surface area contributed by atoms with Crippen molar-refractivity contribution in [1.29, 1.82) is 0 Å². The fourth-order valence-corrected chi connectivity index (χ4v) is 2.85. The molecule has 0 bridgehead atoms. The molecule has 6 heteroatoms. The van der Waals surface area contributed by atoms with Crippen LogP contribution in [0.5, 0.6) is 0 Å². The fourth-order valence-electron chi connectivity index (χ4n) is 2.85. The van der Waals surface area contributed by atoms with E-state index in [1.165, 1.54) is 0 Å². The molecule has 0 aliphatic heterocycles. The van der Waals surface area contributed by atoms with Crippen LogP contribution in [0.25, 0.3) is 22.0 Å². The molecule has 4 rings (SSSR count). The van der Waals surface area contributed by atoms with E-state index < -0.39 is 0 Å². The number of anilines is 1. The molecule has 0 aliphatic rings. The van der Waals surface area contributed by atoms with Crippen molar-refractivity contribution in [1.82, 2.24) is 20.2 Å². The van der Waals surface area contributed by atoms with Crippen LogP contribution < -0.4 is 5.73 Å². The summed E-state index contributed by atoms with van der Waals surface area (Å²) < 4.78 is 0. The summed E-state index contributed by atoms with van der Waals surface area (Å²) in [5.41, 5.74) is 10.2. The van der Waals surface area contributed by atoms with Gasteiger partial charge in [-0.2, -0.15) is 5.10 Å². The average molecular weight is 329 g/mol. The lowest BCUT2D eigenvalue weighted by atomic mass is 10.0. The van der Waals surface area contributed by atoms with Crippen LogP contribution in [0.2, 0.25) is 0 Å². The molecule has 0 saturated heterocycles. The normalized spacial score (nSPS) is 10.9. The Balaban J connectivity index is 1.69. The molecule has 0 radical (unpaired) electrons. The molecule has 0 aliphatic carbocycles. The Hall–Kier alpha value is -3.54. The number of aryl methyl sites for hydroxylation is 1. The molecule has 2 aromatic carbocycles. The average Bonchev–Trinajstić information content (AvgIpc) is 3.07. The number of hydrogen-bond acceptors (Lipinski definition) is 5. The van der Waals surface area contributed by atoms with Crippen LogP contribution in [0.15, 0.2) is 54.9 Å². The van der Waals surface area contributed by atoms with E-state index in [0.29, 0.717) is 11.3 Å². The molecule has 0 spiro atoms. The molecule has 0 amide bonds. The summed E-state index contributed by atoms with van der Waals surface area (Å²) >= 11 is 0. The molecule has 0 atom stereocenters. The molecular formula is C19H15N5O. The summed E-state index contributed by atoms with van der Waals surface area (Å²) in [5.74, 6) is 0.122. The van der Waals surface area contributed by atoms with Crippen molar-refractivity contribution in [2.45, 2.75) is 6.92 Å². The first-order chi connectivity index (χ1) is 12.1. The smallest absolute Gasteiger partial charge is 0.219 e. The number of H-pyrrole nitrogens is 1. The number of carbonyl (C=O) groups excluding carboxylic acids is 1. The lowest BCUT2D eigenvalue weighted by Gasteiger charge is -2.04. The van der Waals surface area contributed by atoms with Crippen LogP contribution >= 0.6 is 0 Å². The maximum atomic E-state index is 12.8. The first-order valence-electron chi connectivity index (χ1n) is 7.80. The van der Waals surface area contributed by atoms with E-state index in [-0.39, 0.29) is 11.7 Å². The molecule has 0 unspecified atom stereocenters. The maximum Gasteiger partial charge on any atom is 0.219 e. The van der Waals surface area contributed by atoms with Gasteiger partial charge in [-0.1, -0.05) is 36.4 Å². The van der Waals surface area contributed by atoms with Crippen molar-refractivity contribution in [2.24, 2.45) is 0 Å². The van der Waals surface area contributed by atoms with Gasteiger partial charge in [-0.3, -0.25) is 9.89 Å². The number of nitrogen functional groups attached to an aromatic ring is 1. The van der Waals surface area contributed by atoms with Crippen LogP contribution in [0.4, 0.5) is 5.95 Å². The minimum absolute atomic E-state index is 0.111. The summed E-state index contributed by atoms with van der Waals surface area (Å²) in [4.78, 5) is 20.8. The number of nitrogens with one attached hydrogen (secondary N) is 1. The zero-order valence-electron chi connectivity index (χ0n) is 13.5. The maximum absolute atomic E-state index is 12.8. The summed E-state index contributed by atoms with van der Waals surface area (Å²) in [6, 6.07) is 13.1. The van der Waals surface area contributed by atoms with Crippen molar-refractivity contribution >= 4 is 22.6 Å². The Labute approximate surface area is 143 Å². The minimum Gasteiger partial charge on any atom is -0.368 e. The lowest BCUT2D eigenvalue weighted by molar-refractivity contribution is 0.103. The van der Waals surface area contributed by atoms with Gasteiger partial charge in [0.2, 0.25) is 11.7 Å². The van der Waals surface area contributed by atoms with E-state index in [4.69, 9.17) is 5.73 Å². The molecule has 3 N–H and O–H groups in total. The van der Waals surface area contributed by atoms with Gasteiger partial charge in [-0.25, -0.2) is 9.97 Å². The SMILES string of the molecule is Cc1cccc2[nH]nc(C(=O)c3ccc(-c4cnc(N)nc4)cc3)c12. The van der Waals surface area contributed by atoms with Crippen LogP contribution in [0, 0.1) is 6.92 Å². The Morgan fingerprint density at radius 2 is 1.72 bits per heavy atom. The molecule has 122 valence electrons. The van der Waals surface area contributed by atoms with Gasteiger partial charge < -0.3 is 5.73 Å². The second-order valence-corrected chi connectivity index (χ2v) is 5.81. The van der Waals surface area contributed by atoms with E-state index in [1.807, 2.05) is 37.3 Å². The second-order valence-electron chi connectivity index (χ2n) is 5.81. The highest BCUT2D eigenvalue weighted by Gasteiger charge is 2.17. The van der Waals surface area contributed by atoms with Gasteiger partial charge in [0.15, 0.2) is 0 Å². The zero-order chi connectivity index (χ0) is 17.4. The predicted molar refractivity (Wildman–Crippen MR) is 96.1 cm³/mol. The molecule has 2 aromatic heterocycles. The largest absolute Gasteiger partial charge is 0.368 e. The molecule has 25 heavy (non-hydrogen) atoms. The third-order valence-corrected chi connectivity index (χ3v) is 4.17. The predicted octanol–water partition coefficient (Wildman–Crippen LogP) is 3.14. The van der Waals surface area contributed by atoms with E-state index >= 15 is 0 Å². The Morgan fingerprint density at radius 1 is 1.00 bits per heavy atom. The summed E-state index contributed by atoms with van der Waals surface area (Å²) in [5, 5.41) is 8.00. The third kappa shape index (κ3) is 2.63. The van der Waals surface area contributed by atoms with Gasteiger partial charge in [0.1, 0.15) is 5.69 Å². The highest BCUT2D eigenvalue weighted by atomic mass is 16.1. The highest BCUT2D eigenvalue weighted by molar-refractivity contribution is 6.15. The van der Waals surface area contributed by atoms with Crippen LogP contribution in [-0.4, -0.2) is 25.9 Å². The van der Waals surface area contributed by atoms with Gasteiger partial charge in [0.05, 0.1) is 5.52 Å².